The molecule has 3 N–H and O–H groups in total. The Kier molecular flexibility index (Phi) is 6.65. The molecule has 2 rings (SSSR count). The van der Waals surface area contributed by atoms with E-state index in [9.17, 15) is 14.7 Å². The van der Waals surface area contributed by atoms with Crippen molar-refractivity contribution in [3.05, 3.63) is 18.5 Å². The number of hydroxylamine groups is 1. The van der Waals surface area contributed by atoms with Gasteiger partial charge in [-0.05, 0) is 18.4 Å². The topological polar surface area (TPSA) is 119 Å². The smallest absolute Gasteiger partial charge is 0.272 e. The Morgan fingerprint density at radius 1 is 1.20 bits per heavy atom. The van der Waals surface area contributed by atoms with E-state index in [-0.39, 0.29) is 11.8 Å². The van der Waals surface area contributed by atoms with Crippen molar-refractivity contribution in [3.8, 4) is 0 Å². The molecular weight excluding hydrogens is 326 g/mol. The molecule has 25 heavy (non-hydrogen) atoms. The number of rotatable bonds is 6. The first-order valence-corrected chi connectivity index (χ1v) is 8.36. The summed E-state index contributed by atoms with van der Waals surface area (Å²) in [5.41, 5.74) is 1.42. The predicted octanol–water partition coefficient (Wildman–Crippen LogP) is -0.346. The van der Waals surface area contributed by atoms with Crippen LogP contribution in [-0.2, 0) is 9.59 Å². The van der Waals surface area contributed by atoms with Gasteiger partial charge in [0.25, 0.3) is 5.91 Å². The average molecular weight is 351 g/mol. The second kappa shape index (κ2) is 8.72. The van der Waals surface area contributed by atoms with Gasteiger partial charge in [0, 0.05) is 38.6 Å². The van der Waals surface area contributed by atoms with Crippen LogP contribution in [0.5, 0.6) is 0 Å². The van der Waals surface area contributed by atoms with E-state index in [4.69, 9.17) is 5.21 Å². The monoisotopic (exact) mass is 351 g/mol. The fourth-order valence-corrected chi connectivity index (χ4v) is 2.94. The molecule has 0 saturated carbocycles. The van der Waals surface area contributed by atoms with Crippen LogP contribution in [0.3, 0.4) is 0 Å². The summed E-state index contributed by atoms with van der Waals surface area (Å²) in [5.74, 6) is -1.39. The Labute approximate surface area is 146 Å². The minimum absolute atomic E-state index is 0.120. The molecule has 1 aliphatic rings. The standard InChI is InChI=1S/C16H25N5O4/c1-11(2)10-12(13(22)14(23)19-25)15(24)20-6-8-21(9-7-20)16-17-4-3-5-18-16/h3-5,11-13,22,25H,6-10H2,1-2H3,(H,19,23)/t12-,13-/m0/s1. The van der Waals surface area contributed by atoms with Crippen molar-refractivity contribution in [1.29, 1.82) is 0 Å². The van der Waals surface area contributed by atoms with Crippen LogP contribution in [0.25, 0.3) is 0 Å². The molecule has 0 bridgehead atoms. The first kappa shape index (κ1) is 19.1. The van der Waals surface area contributed by atoms with Crippen LogP contribution in [0.15, 0.2) is 18.5 Å². The van der Waals surface area contributed by atoms with Gasteiger partial charge < -0.3 is 14.9 Å². The first-order chi connectivity index (χ1) is 11.9. The SMILES string of the molecule is CC(C)C[C@H](C(=O)N1CCN(c2ncccn2)CC1)[C@H](O)C(=O)NO. The van der Waals surface area contributed by atoms with Crippen LogP contribution < -0.4 is 10.4 Å². The number of nitrogens with zero attached hydrogens (tertiary/aromatic N) is 4. The number of hydrogen-bond acceptors (Lipinski definition) is 7. The van der Waals surface area contributed by atoms with Crippen molar-refractivity contribution in [2.24, 2.45) is 11.8 Å². The van der Waals surface area contributed by atoms with E-state index < -0.39 is 17.9 Å². The summed E-state index contributed by atoms with van der Waals surface area (Å²) in [4.78, 5) is 36.4. The van der Waals surface area contributed by atoms with E-state index in [2.05, 4.69) is 9.97 Å². The Morgan fingerprint density at radius 2 is 1.80 bits per heavy atom. The lowest BCUT2D eigenvalue weighted by Crippen LogP contribution is -2.53. The summed E-state index contributed by atoms with van der Waals surface area (Å²) in [6.45, 7) is 5.89. The maximum Gasteiger partial charge on any atom is 0.272 e. The quantitative estimate of drug-likeness (QED) is 0.473. The number of hydrogen-bond donors (Lipinski definition) is 3. The third-order valence-electron chi connectivity index (χ3n) is 4.23. The van der Waals surface area contributed by atoms with Gasteiger partial charge in [0.15, 0.2) is 0 Å². The number of carbonyl (C=O) groups is 2. The van der Waals surface area contributed by atoms with E-state index in [0.29, 0.717) is 38.5 Å². The van der Waals surface area contributed by atoms with E-state index in [1.807, 2.05) is 18.7 Å². The van der Waals surface area contributed by atoms with Crippen molar-refractivity contribution >= 4 is 17.8 Å². The fraction of sp³-hybridized carbons (Fsp3) is 0.625. The zero-order valence-corrected chi connectivity index (χ0v) is 14.5. The molecule has 2 atom stereocenters. The van der Waals surface area contributed by atoms with E-state index in [1.165, 1.54) is 5.48 Å². The number of piperazine rings is 1. The van der Waals surface area contributed by atoms with Crippen molar-refractivity contribution < 1.29 is 19.9 Å². The minimum Gasteiger partial charge on any atom is -0.382 e. The van der Waals surface area contributed by atoms with Crippen molar-refractivity contribution in [2.45, 2.75) is 26.4 Å². The average Bonchev–Trinajstić information content (AvgIpc) is 2.65. The van der Waals surface area contributed by atoms with Gasteiger partial charge >= 0.3 is 0 Å². The zero-order chi connectivity index (χ0) is 18.4. The molecule has 1 saturated heterocycles. The molecule has 0 spiro atoms. The molecule has 2 heterocycles. The first-order valence-electron chi connectivity index (χ1n) is 8.36. The zero-order valence-electron chi connectivity index (χ0n) is 14.5. The second-order valence-corrected chi connectivity index (χ2v) is 6.52. The number of carbonyl (C=O) groups excluding carboxylic acids is 2. The molecular formula is C16H25N5O4. The molecule has 9 heteroatoms. The van der Waals surface area contributed by atoms with E-state index in [0.717, 1.165) is 0 Å². The summed E-state index contributed by atoms with van der Waals surface area (Å²) in [6.07, 6.45) is 2.12. The number of anilines is 1. The minimum atomic E-state index is -1.57. The summed E-state index contributed by atoms with van der Waals surface area (Å²) < 4.78 is 0. The summed E-state index contributed by atoms with van der Waals surface area (Å²) in [6, 6.07) is 1.74. The fourth-order valence-electron chi connectivity index (χ4n) is 2.94. The van der Waals surface area contributed by atoms with Gasteiger partial charge in [-0.3, -0.25) is 14.8 Å². The number of aliphatic hydroxyl groups excluding tert-OH is 1. The second-order valence-electron chi connectivity index (χ2n) is 6.52. The molecule has 1 aromatic rings. The highest BCUT2D eigenvalue weighted by Gasteiger charge is 2.36. The van der Waals surface area contributed by atoms with Gasteiger partial charge in [0.2, 0.25) is 11.9 Å². The molecule has 1 aromatic heterocycles. The molecule has 2 amide bonds. The molecule has 138 valence electrons. The van der Waals surface area contributed by atoms with Gasteiger partial charge in [-0.1, -0.05) is 13.8 Å². The van der Waals surface area contributed by atoms with Crippen LogP contribution in [0.2, 0.25) is 0 Å². The highest BCUT2D eigenvalue weighted by atomic mass is 16.5. The largest absolute Gasteiger partial charge is 0.382 e. The number of aromatic nitrogens is 2. The van der Waals surface area contributed by atoms with Crippen LogP contribution >= 0.6 is 0 Å². The van der Waals surface area contributed by atoms with Crippen LogP contribution in [-0.4, -0.2) is 69.3 Å². The maximum atomic E-state index is 12.8. The number of aliphatic hydroxyl groups is 1. The molecule has 1 fully saturated rings. The number of amides is 2. The van der Waals surface area contributed by atoms with Gasteiger partial charge in [-0.25, -0.2) is 15.4 Å². The molecule has 0 radical (unpaired) electrons. The van der Waals surface area contributed by atoms with Gasteiger partial charge in [-0.15, -0.1) is 0 Å². The number of nitrogens with one attached hydrogen (secondary N) is 1. The molecule has 0 unspecified atom stereocenters. The third-order valence-corrected chi connectivity index (χ3v) is 4.23. The molecule has 9 nitrogen and oxygen atoms in total. The lowest BCUT2D eigenvalue weighted by Gasteiger charge is -2.37. The van der Waals surface area contributed by atoms with Gasteiger partial charge in [-0.2, -0.15) is 0 Å². The van der Waals surface area contributed by atoms with Crippen LogP contribution in [0, 0.1) is 11.8 Å². The summed E-state index contributed by atoms with van der Waals surface area (Å²) in [7, 11) is 0. The normalized spacial score (nSPS) is 17.3. The van der Waals surface area contributed by atoms with Gasteiger partial charge in [0.1, 0.15) is 6.10 Å². The molecule has 0 aromatic carbocycles. The van der Waals surface area contributed by atoms with Crippen molar-refractivity contribution in [1.82, 2.24) is 20.3 Å². The highest BCUT2D eigenvalue weighted by Crippen LogP contribution is 2.21. The lowest BCUT2D eigenvalue weighted by molar-refractivity contribution is -0.151. The highest BCUT2D eigenvalue weighted by molar-refractivity contribution is 5.88. The lowest BCUT2D eigenvalue weighted by atomic mass is 9.90. The van der Waals surface area contributed by atoms with Gasteiger partial charge in [0.05, 0.1) is 5.92 Å². The van der Waals surface area contributed by atoms with E-state index in [1.54, 1.807) is 23.4 Å². The molecule has 1 aliphatic heterocycles. The van der Waals surface area contributed by atoms with Crippen LogP contribution in [0.1, 0.15) is 20.3 Å². The Bertz CT molecular complexity index is 575. The maximum absolute atomic E-state index is 12.8. The van der Waals surface area contributed by atoms with Crippen molar-refractivity contribution in [2.75, 3.05) is 31.1 Å². The summed E-state index contributed by atoms with van der Waals surface area (Å²) >= 11 is 0. The third kappa shape index (κ3) is 4.86. The Balaban J connectivity index is 2.01. The Morgan fingerprint density at radius 3 is 2.32 bits per heavy atom. The van der Waals surface area contributed by atoms with Crippen molar-refractivity contribution in [3.63, 3.8) is 0 Å². The van der Waals surface area contributed by atoms with Crippen LogP contribution in [0.4, 0.5) is 5.95 Å². The summed E-state index contributed by atoms with van der Waals surface area (Å²) in [5, 5.41) is 18.8. The van der Waals surface area contributed by atoms with E-state index >= 15 is 0 Å². The Hall–Kier alpha value is -2.26. The molecule has 0 aliphatic carbocycles. The predicted molar refractivity (Wildman–Crippen MR) is 89.7 cm³/mol.